The molecule has 0 saturated heterocycles. The second-order valence-corrected chi connectivity index (χ2v) is 4.49. The highest BCUT2D eigenvalue weighted by atomic mass is 35.7. The Morgan fingerprint density at radius 1 is 1.50 bits per heavy atom. The zero-order valence-electron chi connectivity index (χ0n) is 6.33. The van der Waals surface area contributed by atoms with E-state index < -0.39 is 7.03 Å². The second-order valence-electron chi connectivity index (χ2n) is 2.27. The number of rotatable bonds is 2. The fourth-order valence-corrected chi connectivity index (χ4v) is 1.43. The van der Waals surface area contributed by atoms with E-state index in [4.69, 9.17) is 11.2 Å². The molecule has 1 aromatic rings. The van der Waals surface area contributed by atoms with Gasteiger partial charge in [0.25, 0.3) is 0 Å². The molecule has 0 aliphatic carbocycles. The monoisotopic (exact) mass is 208 g/mol. The van der Waals surface area contributed by atoms with E-state index in [9.17, 15) is 8.76 Å². The Kier molecular flexibility index (Phi) is 2.76. The first-order valence-electron chi connectivity index (χ1n) is 3.23. The molecule has 1 atom stereocenters. The maximum Gasteiger partial charge on any atom is 0.514 e. The van der Waals surface area contributed by atoms with Crippen LogP contribution in [-0.4, -0.2) is 0 Å². The van der Waals surface area contributed by atoms with E-state index in [1.807, 2.05) is 0 Å². The molecule has 1 rings (SSSR count). The van der Waals surface area contributed by atoms with Crippen LogP contribution in [-0.2, 0) is 4.57 Å². The van der Waals surface area contributed by atoms with Crippen LogP contribution in [0.2, 0.25) is 0 Å². The Morgan fingerprint density at radius 3 is 2.58 bits per heavy atom. The molecule has 0 saturated carbocycles. The molecule has 0 aliphatic rings. The highest BCUT2D eigenvalue weighted by molar-refractivity contribution is 7.81. The van der Waals surface area contributed by atoms with Gasteiger partial charge in [0.1, 0.15) is 5.75 Å². The minimum absolute atomic E-state index is 0.207. The zero-order chi connectivity index (χ0) is 9.19. The van der Waals surface area contributed by atoms with Gasteiger partial charge in [-0.05, 0) is 18.6 Å². The first-order chi connectivity index (χ1) is 5.49. The number of hydrogen-bond acceptors (Lipinski definition) is 2. The summed E-state index contributed by atoms with van der Waals surface area (Å²) in [6.07, 6.45) is 0. The summed E-state index contributed by atoms with van der Waals surface area (Å²) in [5.74, 6) is 0.207. The lowest BCUT2D eigenvalue weighted by molar-refractivity contribution is 0.453. The molecular formula is C7H7ClFO2P. The van der Waals surface area contributed by atoms with Crippen LogP contribution in [0.4, 0.5) is 4.20 Å². The zero-order valence-corrected chi connectivity index (χ0v) is 7.98. The van der Waals surface area contributed by atoms with E-state index in [1.54, 1.807) is 25.1 Å². The van der Waals surface area contributed by atoms with Gasteiger partial charge in [0.15, 0.2) is 0 Å². The molecule has 1 aromatic carbocycles. The molecule has 0 aliphatic heterocycles. The van der Waals surface area contributed by atoms with E-state index in [2.05, 4.69) is 4.52 Å². The Bertz CT molecular complexity index is 323. The highest BCUT2D eigenvalue weighted by Crippen LogP contribution is 2.54. The average molecular weight is 209 g/mol. The number of hydrogen-bond donors (Lipinski definition) is 0. The van der Waals surface area contributed by atoms with Crippen molar-refractivity contribution in [2.24, 2.45) is 0 Å². The fraction of sp³-hybridized carbons (Fsp3) is 0.143. The molecule has 0 aromatic heterocycles. The third-order valence-corrected chi connectivity index (χ3v) is 1.91. The quantitative estimate of drug-likeness (QED) is 0.693. The van der Waals surface area contributed by atoms with Crippen molar-refractivity contribution in [1.82, 2.24) is 0 Å². The van der Waals surface area contributed by atoms with E-state index >= 15 is 0 Å². The summed E-state index contributed by atoms with van der Waals surface area (Å²) in [7, 11) is -4.44. The molecule has 5 heteroatoms. The fourth-order valence-electron chi connectivity index (χ4n) is 0.773. The van der Waals surface area contributed by atoms with E-state index in [-0.39, 0.29) is 5.75 Å². The normalized spacial score (nSPS) is 15.2. The van der Waals surface area contributed by atoms with Gasteiger partial charge < -0.3 is 4.52 Å². The van der Waals surface area contributed by atoms with Crippen LogP contribution in [0.5, 0.6) is 5.75 Å². The minimum atomic E-state index is -4.44. The molecule has 0 bridgehead atoms. The molecule has 0 spiro atoms. The van der Waals surface area contributed by atoms with Gasteiger partial charge >= 0.3 is 7.03 Å². The second kappa shape index (κ2) is 3.46. The molecule has 2 nitrogen and oxygen atoms in total. The van der Waals surface area contributed by atoms with Crippen LogP contribution in [0.1, 0.15) is 5.56 Å². The summed E-state index contributed by atoms with van der Waals surface area (Å²) in [6.45, 7) is 1.71. The summed E-state index contributed by atoms with van der Waals surface area (Å²) in [4.78, 5) is 0. The lowest BCUT2D eigenvalue weighted by atomic mass is 10.2. The molecule has 12 heavy (non-hydrogen) atoms. The van der Waals surface area contributed by atoms with Gasteiger partial charge in [-0.25, -0.2) is 4.57 Å². The molecule has 0 heterocycles. The molecule has 0 amide bonds. The SMILES string of the molecule is Cc1ccccc1OP(=O)(F)Cl. The molecule has 0 radical (unpaired) electrons. The Morgan fingerprint density at radius 2 is 2.08 bits per heavy atom. The predicted octanol–water partition coefficient (Wildman–Crippen LogP) is 3.69. The van der Waals surface area contributed by atoms with Crippen molar-refractivity contribution in [2.45, 2.75) is 6.92 Å². The van der Waals surface area contributed by atoms with Crippen molar-refractivity contribution in [2.75, 3.05) is 0 Å². The van der Waals surface area contributed by atoms with Crippen LogP contribution in [0.15, 0.2) is 24.3 Å². The maximum atomic E-state index is 12.4. The van der Waals surface area contributed by atoms with E-state index in [0.717, 1.165) is 0 Å². The Balaban J connectivity index is 2.90. The molecular weight excluding hydrogens is 201 g/mol. The van der Waals surface area contributed by atoms with Gasteiger partial charge in [0, 0.05) is 11.2 Å². The van der Waals surface area contributed by atoms with Crippen molar-refractivity contribution in [3.8, 4) is 5.75 Å². The van der Waals surface area contributed by atoms with Crippen molar-refractivity contribution in [3.05, 3.63) is 29.8 Å². The van der Waals surface area contributed by atoms with Crippen molar-refractivity contribution >= 4 is 18.3 Å². The molecule has 0 fully saturated rings. The average Bonchev–Trinajstić information content (AvgIpc) is 1.91. The van der Waals surface area contributed by atoms with Crippen molar-refractivity contribution in [1.29, 1.82) is 0 Å². The third kappa shape index (κ3) is 2.84. The Labute approximate surface area is 74.7 Å². The Hall–Kier alpha value is -0.530. The first-order valence-corrected chi connectivity index (χ1v) is 5.66. The summed E-state index contributed by atoms with van der Waals surface area (Å²) in [6, 6.07) is 6.63. The van der Waals surface area contributed by atoms with Crippen LogP contribution in [0.25, 0.3) is 0 Å². The summed E-state index contributed by atoms with van der Waals surface area (Å²) >= 11 is 4.81. The van der Waals surface area contributed by atoms with Gasteiger partial charge in [-0.15, -0.1) is 4.20 Å². The van der Waals surface area contributed by atoms with Crippen LogP contribution >= 0.6 is 18.3 Å². The lowest BCUT2D eigenvalue weighted by Crippen LogP contribution is -1.84. The predicted molar refractivity (Wildman–Crippen MR) is 46.4 cm³/mol. The van der Waals surface area contributed by atoms with Crippen LogP contribution in [0, 0.1) is 6.92 Å². The van der Waals surface area contributed by atoms with Gasteiger partial charge in [-0.3, -0.25) is 0 Å². The smallest absolute Gasteiger partial charge is 0.410 e. The highest BCUT2D eigenvalue weighted by Gasteiger charge is 2.19. The van der Waals surface area contributed by atoms with E-state index in [0.29, 0.717) is 5.56 Å². The van der Waals surface area contributed by atoms with Crippen LogP contribution in [0.3, 0.4) is 0 Å². The number of aryl methyl sites for hydroxylation is 1. The minimum Gasteiger partial charge on any atom is -0.410 e. The van der Waals surface area contributed by atoms with Crippen molar-refractivity contribution < 1.29 is 13.3 Å². The summed E-state index contributed by atoms with van der Waals surface area (Å²) in [5.41, 5.74) is 0.691. The standard InChI is InChI=1S/C7H7ClFO2P/c1-6-4-2-3-5-7(6)11-12(8,9)10/h2-5H,1H3. The van der Waals surface area contributed by atoms with Crippen LogP contribution < -0.4 is 4.52 Å². The molecule has 1 unspecified atom stereocenters. The number of para-hydroxylation sites is 1. The third-order valence-electron chi connectivity index (χ3n) is 1.30. The van der Waals surface area contributed by atoms with Crippen molar-refractivity contribution in [3.63, 3.8) is 0 Å². The lowest BCUT2D eigenvalue weighted by Gasteiger charge is -2.06. The van der Waals surface area contributed by atoms with Gasteiger partial charge in [0.2, 0.25) is 0 Å². The van der Waals surface area contributed by atoms with E-state index in [1.165, 1.54) is 6.07 Å². The molecule has 66 valence electrons. The number of benzene rings is 1. The molecule has 0 N–H and O–H groups in total. The topological polar surface area (TPSA) is 26.3 Å². The maximum absolute atomic E-state index is 12.4. The van der Waals surface area contributed by atoms with Gasteiger partial charge in [-0.1, -0.05) is 18.2 Å². The summed E-state index contributed by atoms with van der Waals surface area (Å²) < 4.78 is 27.2. The largest absolute Gasteiger partial charge is 0.514 e. The summed E-state index contributed by atoms with van der Waals surface area (Å²) in [5, 5.41) is 0. The first kappa shape index (κ1) is 9.56. The van der Waals surface area contributed by atoms with Gasteiger partial charge in [-0.2, -0.15) is 0 Å². The number of halogens is 2. The van der Waals surface area contributed by atoms with Gasteiger partial charge in [0.05, 0.1) is 0 Å².